The van der Waals surface area contributed by atoms with Crippen molar-refractivity contribution in [2.24, 2.45) is 11.8 Å². The zero-order valence-electron chi connectivity index (χ0n) is 11.4. The predicted octanol–water partition coefficient (Wildman–Crippen LogP) is 4.18. The normalized spacial score (nSPS) is 12.8. The summed E-state index contributed by atoms with van der Waals surface area (Å²) < 4.78 is 5.40. The van der Waals surface area contributed by atoms with E-state index in [9.17, 15) is 4.79 Å². The molecule has 0 rings (SSSR count). The Morgan fingerprint density at radius 3 is 2.12 bits per heavy atom. The topological polar surface area (TPSA) is 26.3 Å². The number of rotatable bonds is 9. The molecule has 0 amide bonds. The van der Waals surface area contributed by atoms with E-state index in [1.165, 1.54) is 0 Å². The van der Waals surface area contributed by atoms with Gasteiger partial charge in [-0.1, -0.05) is 53.4 Å². The molecule has 0 aromatic rings. The van der Waals surface area contributed by atoms with Crippen LogP contribution in [0, 0.1) is 11.8 Å². The average Bonchev–Trinajstić information content (AvgIpc) is 2.31. The van der Waals surface area contributed by atoms with E-state index in [0.29, 0.717) is 12.5 Å². The molecule has 0 radical (unpaired) electrons. The van der Waals surface area contributed by atoms with Gasteiger partial charge >= 0.3 is 5.97 Å². The Morgan fingerprint density at radius 1 is 1.06 bits per heavy atom. The second-order valence-corrected chi connectivity index (χ2v) is 4.56. The van der Waals surface area contributed by atoms with Gasteiger partial charge < -0.3 is 4.74 Å². The van der Waals surface area contributed by atoms with E-state index < -0.39 is 0 Å². The Balaban J connectivity index is 3.91. The third-order valence-corrected chi connectivity index (χ3v) is 3.35. The molecule has 0 aliphatic carbocycles. The van der Waals surface area contributed by atoms with E-state index in [1.807, 2.05) is 0 Å². The molecule has 0 aromatic heterocycles. The van der Waals surface area contributed by atoms with Crippen LogP contribution in [0.4, 0.5) is 0 Å². The van der Waals surface area contributed by atoms with Gasteiger partial charge in [0.25, 0.3) is 0 Å². The van der Waals surface area contributed by atoms with Crippen molar-refractivity contribution < 1.29 is 9.53 Å². The Labute approximate surface area is 101 Å². The largest absolute Gasteiger partial charge is 0.465 e. The lowest BCUT2D eigenvalue weighted by Crippen LogP contribution is -2.20. The summed E-state index contributed by atoms with van der Waals surface area (Å²) in [5, 5.41) is 0. The fourth-order valence-corrected chi connectivity index (χ4v) is 1.78. The van der Waals surface area contributed by atoms with Gasteiger partial charge in [0.15, 0.2) is 0 Å². The average molecular weight is 228 g/mol. The third-order valence-electron chi connectivity index (χ3n) is 3.35. The number of carbonyl (C=O) groups is 1. The Kier molecular flexibility index (Phi) is 9.36. The van der Waals surface area contributed by atoms with Gasteiger partial charge in [0.2, 0.25) is 0 Å². The predicted molar refractivity (Wildman–Crippen MR) is 68.3 cm³/mol. The summed E-state index contributed by atoms with van der Waals surface area (Å²) in [4.78, 5) is 11.8. The first-order valence-corrected chi connectivity index (χ1v) is 6.86. The standard InChI is InChI=1S/C14H28O2/c1-5-9-10-13(8-4)14(15)16-11-12(6-2)7-3/h12-13H,5-11H2,1-4H3. The maximum atomic E-state index is 11.8. The Hall–Kier alpha value is -0.530. The quantitative estimate of drug-likeness (QED) is 0.553. The van der Waals surface area contributed by atoms with Crippen molar-refractivity contribution in [1.82, 2.24) is 0 Å². The van der Waals surface area contributed by atoms with Gasteiger partial charge in [0, 0.05) is 0 Å². The van der Waals surface area contributed by atoms with E-state index in [1.54, 1.807) is 0 Å². The van der Waals surface area contributed by atoms with E-state index in [4.69, 9.17) is 4.74 Å². The number of hydrogen-bond donors (Lipinski definition) is 0. The first kappa shape index (κ1) is 15.5. The minimum Gasteiger partial charge on any atom is -0.465 e. The third kappa shape index (κ3) is 6.14. The first-order valence-electron chi connectivity index (χ1n) is 6.86. The number of esters is 1. The molecular formula is C14H28O2. The lowest BCUT2D eigenvalue weighted by molar-refractivity contribution is -0.150. The zero-order valence-corrected chi connectivity index (χ0v) is 11.4. The highest BCUT2D eigenvalue weighted by atomic mass is 16.5. The number of hydrogen-bond acceptors (Lipinski definition) is 2. The molecule has 16 heavy (non-hydrogen) atoms. The van der Waals surface area contributed by atoms with Crippen molar-refractivity contribution >= 4 is 5.97 Å². The van der Waals surface area contributed by atoms with Crippen molar-refractivity contribution in [3.05, 3.63) is 0 Å². The highest BCUT2D eigenvalue weighted by Crippen LogP contribution is 2.16. The summed E-state index contributed by atoms with van der Waals surface area (Å²) in [6.45, 7) is 9.13. The summed E-state index contributed by atoms with van der Waals surface area (Å²) in [6.07, 6.45) is 6.34. The first-order chi connectivity index (χ1) is 7.69. The SMILES string of the molecule is CCCCC(CC)C(=O)OCC(CC)CC. The molecule has 0 heterocycles. The van der Waals surface area contributed by atoms with Crippen LogP contribution in [0.3, 0.4) is 0 Å². The van der Waals surface area contributed by atoms with Crippen LogP contribution in [0.25, 0.3) is 0 Å². The molecular weight excluding hydrogens is 200 g/mol. The van der Waals surface area contributed by atoms with Crippen LogP contribution in [-0.2, 0) is 9.53 Å². The van der Waals surface area contributed by atoms with Gasteiger partial charge in [-0.15, -0.1) is 0 Å². The number of unbranched alkanes of at least 4 members (excludes halogenated alkanes) is 1. The van der Waals surface area contributed by atoms with E-state index in [2.05, 4.69) is 27.7 Å². The van der Waals surface area contributed by atoms with Crippen molar-refractivity contribution in [3.8, 4) is 0 Å². The lowest BCUT2D eigenvalue weighted by atomic mass is 9.99. The smallest absolute Gasteiger partial charge is 0.308 e. The molecule has 0 bridgehead atoms. The minimum atomic E-state index is 0.0165. The molecule has 96 valence electrons. The number of carbonyl (C=O) groups excluding carboxylic acids is 1. The van der Waals surface area contributed by atoms with Gasteiger partial charge in [-0.05, 0) is 18.8 Å². The van der Waals surface area contributed by atoms with E-state index in [-0.39, 0.29) is 11.9 Å². The molecule has 1 atom stereocenters. The molecule has 0 spiro atoms. The van der Waals surface area contributed by atoms with Crippen molar-refractivity contribution in [1.29, 1.82) is 0 Å². The van der Waals surface area contributed by atoms with Crippen LogP contribution >= 0.6 is 0 Å². The fourth-order valence-electron chi connectivity index (χ4n) is 1.78. The molecule has 0 saturated carbocycles. The molecule has 0 N–H and O–H groups in total. The van der Waals surface area contributed by atoms with Crippen LogP contribution in [0.2, 0.25) is 0 Å². The van der Waals surface area contributed by atoms with Crippen LogP contribution < -0.4 is 0 Å². The van der Waals surface area contributed by atoms with E-state index in [0.717, 1.165) is 38.5 Å². The molecule has 2 heteroatoms. The maximum Gasteiger partial charge on any atom is 0.308 e. The van der Waals surface area contributed by atoms with Gasteiger partial charge in [-0.2, -0.15) is 0 Å². The van der Waals surface area contributed by atoms with Crippen LogP contribution in [-0.4, -0.2) is 12.6 Å². The van der Waals surface area contributed by atoms with Crippen LogP contribution in [0.15, 0.2) is 0 Å². The summed E-state index contributed by atoms with van der Waals surface area (Å²) in [7, 11) is 0. The zero-order chi connectivity index (χ0) is 12.4. The fraction of sp³-hybridized carbons (Fsp3) is 0.929. The van der Waals surface area contributed by atoms with E-state index >= 15 is 0 Å². The molecule has 0 aliphatic rings. The maximum absolute atomic E-state index is 11.8. The molecule has 0 fully saturated rings. The Bertz CT molecular complexity index is 174. The monoisotopic (exact) mass is 228 g/mol. The van der Waals surface area contributed by atoms with Crippen molar-refractivity contribution in [3.63, 3.8) is 0 Å². The highest BCUT2D eigenvalue weighted by Gasteiger charge is 2.18. The highest BCUT2D eigenvalue weighted by molar-refractivity contribution is 5.72. The number of ether oxygens (including phenoxy) is 1. The van der Waals surface area contributed by atoms with Crippen LogP contribution in [0.5, 0.6) is 0 Å². The van der Waals surface area contributed by atoms with Gasteiger partial charge in [-0.3, -0.25) is 4.79 Å². The minimum absolute atomic E-state index is 0.0165. The lowest BCUT2D eigenvalue weighted by Gasteiger charge is -2.17. The van der Waals surface area contributed by atoms with Gasteiger partial charge in [-0.25, -0.2) is 0 Å². The van der Waals surface area contributed by atoms with Crippen molar-refractivity contribution in [2.45, 2.75) is 66.2 Å². The second kappa shape index (κ2) is 9.68. The molecule has 0 aliphatic heterocycles. The van der Waals surface area contributed by atoms with Crippen LogP contribution in [0.1, 0.15) is 66.2 Å². The summed E-state index contributed by atoms with van der Waals surface area (Å²) in [5.41, 5.74) is 0. The Morgan fingerprint density at radius 2 is 1.69 bits per heavy atom. The molecule has 1 unspecified atom stereocenters. The van der Waals surface area contributed by atoms with Gasteiger partial charge in [0.05, 0.1) is 12.5 Å². The summed E-state index contributed by atoms with van der Waals surface area (Å²) in [5.74, 6) is 0.671. The molecule has 0 saturated heterocycles. The molecule has 2 nitrogen and oxygen atoms in total. The summed E-state index contributed by atoms with van der Waals surface area (Å²) in [6, 6.07) is 0. The summed E-state index contributed by atoms with van der Waals surface area (Å²) >= 11 is 0. The van der Waals surface area contributed by atoms with Crippen molar-refractivity contribution in [2.75, 3.05) is 6.61 Å². The second-order valence-electron chi connectivity index (χ2n) is 4.56. The van der Waals surface area contributed by atoms with Gasteiger partial charge in [0.1, 0.15) is 0 Å². The molecule has 0 aromatic carbocycles.